The molecule has 1 saturated carbocycles. The van der Waals surface area contributed by atoms with Crippen LogP contribution in [0.25, 0.3) is 0 Å². The predicted octanol–water partition coefficient (Wildman–Crippen LogP) is 3.59. The first-order valence-electron chi connectivity index (χ1n) is 7.58. The van der Waals surface area contributed by atoms with Gasteiger partial charge in [0.2, 0.25) is 0 Å². The second-order valence-electron chi connectivity index (χ2n) is 6.00. The smallest absolute Gasteiger partial charge is 0.255 e. The van der Waals surface area contributed by atoms with E-state index in [9.17, 15) is 14.4 Å². The number of ketones is 1. The molecule has 0 saturated heterocycles. The first-order valence-corrected chi connectivity index (χ1v) is 8.37. The molecule has 0 unspecified atom stereocenters. The quantitative estimate of drug-likeness (QED) is 0.755. The van der Waals surface area contributed by atoms with Gasteiger partial charge in [0.05, 0.1) is 11.1 Å². The van der Waals surface area contributed by atoms with Crippen molar-refractivity contribution in [3.63, 3.8) is 0 Å². The van der Waals surface area contributed by atoms with Gasteiger partial charge in [-0.05, 0) is 23.8 Å². The van der Waals surface area contributed by atoms with E-state index in [1.165, 1.54) is 0 Å². The van der Waals surface area contributed by atoms with Gasteiger partial charge in [-0.25, -0.2) is 0 Å². The maximum atomic E-state index is 13.0. The molecule has 0 aromatic heterocycles. The minimum atomic E-state index is -0.648. The zero-order valence-electron chi connectivity index (χ0n) is 13.2. The Morgan fingerprint density at radius 3 is 2.33 bits per heavy atom. The third-order valence-corrected chi connectivity index (χ3v) is 5.15. The number of nitrogens with zero attached hydrogens (tertiary/aromatic N) is 1. The van der Waals surface area contributed by atoms with Crippen molar-refractivity contribution in [1.29, 1.82) is 0 Å². The summed E-state index contributed by atoms with van der Waals surface area (Å²) in [7, 11) is 1.69. The Morgan fingerprint density at radius 1 is 1.12 bits per heavy atom. The van der Waals surface area contributed by atoms with Gasteiger partial charge in [0, 0.05) is 29.9 Å². The largest absolute Gasteiger partial charge is 0.331 e. The van der Waals surface area contributed by atoms with E-state index in [0.29, 0.717) is 30.3 Å². The van der Waals surface area contributed by atoms with Gasteiger partial charge in [-0.2, -0.15) is 0 Å². The van der Waals surface area contributed by atoms with E-state index in [0.717, 1.165) is 10.0 Å². The molecule has 3 rings (SSSR count). The highest BCUT2D eigenvalue weighted by molar-refractivity contribution is 9.10. The van der Waals surface area contributed by atoms with Gasteiger partial charge in [-0.15, -0.1) is 0 Å². The summed E-state index contributed by atoms with van der Waals surface area (Å²) in [6, 6.07) is 14.3. The molecule has 0 heterocycles. The summed E-state index contributed by atoms with van der Waals surface area (Å²) in [5, 5.41) is 0. The number of benzene rings is 2. The van der Waals surface area contributed by atoms with Crippen LogP contribution in [0.1, 0.15) is 39.1 Å². The molecule has 0 atom stereocenters. The first kappa shape index (κ1) is 16.6. The van der Waals surface area contributed by atoms with Crippen LogP contribution in [0.3, 0.4) is 0 Å². The third kappa shape index (κ3) is 2.69. The molecule has 2 aromatic rings. The minimum Gasteiger partial charge on any atom is -0.331 e. The maximum Gasteiger partial charge on any atom is 0.255 e. The molecule has 0 spiro atoms. The average Bonchev–Trinajstić information content (AvgIpc) is 2.58. The van der Waals surface area contributed by atoms with Gasteiger partial charge in [0.25, 0.3) is 5.91 Å². The van der Waals surface area contributed by atoms with Crippen molar-refractivity contribution in [3.05, 3.63) is 69.7 Å². The minimum absolute atomic E-state index is 0.126. The van der Waals surface area contributed by atoms with Crippen LogP contribution in [0, 0.1) is 0 Å². The summed E-state index contributed by atoms with van der Waals surface area (Å²) in [5.74, 6) is -0.130. The molecular weight excluding hydrogens is 370 g/mol. The van der Waals surface area contributed by atoms with Crippen LogP contribution in [-0.4, -0.2) is 29.9 Å². The van der Waals surface area contributed by atoms with E-state index in [1.807, 2.05) is 24.3 Å². The molecular formula is C19H16BrNO3. The number of carbonyl (C=O) groups is 3. The standard InChI is InChI=1S/C19H16BrNO3/c1-21(18(24)17-5-3-2-4-13(17)12-22)19(10-16(23)11-19)14-6-8-15(20)9-7-14/h2-9,12H,10-11H2,1H3. The van der Waals surface area contributed by atoms with Crippen LogP contribution in [0.4, 0.5) is 0 Å². The molecule has 0 aliphatic heterocycles. The van der Waals surface area contributed by atoms with Gasteiger partial charge in [-0.1, -0.05) is 46.3 Å². The van der Waals surface area contributed by atoms with Crippen molar-refractivity contribution in [2.24, 2.45) is 0 Å². The number of hydrogen-bond acceptors (Lipinski definition) is 3. The summed E-state index contributed by atoms with van der Waals surface area (Å²) in [4.78, 5) is 37.5. The van der Waals surface area contributed by atoms with Crippen molar-refractivity contribution in [3.8, 4) is 0 Å². The Kier molecular flexibility index (Phi) is 4.37. The second-order valence-corrected chi connectivity index (χ2v) is 6.92. The molecule has 0 radical (unpaired) electrons. The predicted molar refractivity (Wildman–Crippen MR) is 94.0 cm³/mol. The maximum absolute atomic E-state index is 13.0. The SMILES string of the molecule is CN(C(=O)c1ccccc1C=O)C1(c2ccc(Br)cc2)CC(=O)C1. The number of Topliss-reactive ketones (excluding diaryl/α,β-unsaturated/α-hetero) is 1. The molecule has 1 fully saturated rings. The normalized spacial score (nSPS) is 15.5. The molecule has 0 bridgehead atoms. The summed E-state index contributed by atoms with van der Waals surface area (Å²) < 4.78 is 0.937. The summed E-state index contributed by atoms with van der Waals surface area (Å²) in [5.41, 5.74) is 0.978. The lowest BCUT2D eigenvalue weighted by Gasteiger charge is -2.48. The van der Waals surface area contributed by atoms with E-state index in [-0.39, 0.29) is 11.7 Å². The molecule has 5 heteroatoms. The van der Waals surface area contributed by atoms with E-state index >= 15 is 0 Å². The third-order valence-electron chi connectivity index (χ3n) is 4.63. The summed E-state index contributed by atoms with van der Waals surface area (Å²) in [6.45, 7) is 0. The highest BCUT2D eigenvalue weighted by Gasteiger charge is 2.50. The second kappa shape index (κ2) is 6.32. The molecule has 24 heavy (non-hydrogen) atoms. The molecule has 122 valence electrons. The Labute approximate surface area is 148 Å². The van der Waals surface area contributed by atoms with Crippen molar-refractivity contribution < 1.29 is 14.4 Å². The number of aldehydes is 1. The van der Waals surface area contributed by atoms with Crippen molar-refractivity contribution in [2.75, 3.05) is 7.05 Å². The highest BCUT2D eigenvalue weighted by atomic mass is 79.9. The van der Waals surface area contributed by atoms with Crippen LogP contribution < -0.4 is 0 Å². The van der Waals surface area contributed by atoms with Crippen molar-refractivity contribution in [2.45, 2.75) is 18.4 Å². The molecule has 1 aliphatic rings. The fourth-order valence-corrected chi connectivity index (χ4v) is 3.43. The van der Waals surface area contributed by atoms with Gasteiger partial charge < -0.3 is 4.90 Å². The summed E-state index contributed by atoms with van der Waals surface area (Å²) >= 11 is 3.40. The molecule has 4 nitrogen and oxygen atoms in total. The van der Waals surface area contributed by atoms with Crippen molar-refractivity contribution >= 4 is 33.9 Å². The summed E-state index contributed by atoms with van der Waals surface area (Å²) in [6.07, 6.45) is 1.26. The highest BCUT2D eigenvalue weighted by Crippen LogP contribution is 2.44. The average molecular weight is 386 g/mol. The fourth-order valence-electron chi connectivity index (χ4n) is 3.17. The van der Waals surface area contributed by atoms with E-state index in [1.54, 1.807) is 36.2 Å². The number of amides is 1. The number of rotatable bonds is 4. The lowest BCUT2D eigenvalue weighted by molar-refractivity contribution is -0.133. The van der Waals surface area contributed by atoms with Crippen LogP contribution in [-0.2, 0) is 10.3 Å². The molecule has 0 N–H and O–H groups in total. The number of hydrogen-bond donors (Lipinski definition) is 0. The monoisotopic (exact) mass is 385 g/mol. The topological polar surface area (TPSA) is 54.5 Å². The lowest BCUT2D eigenvalue weighted by Crippen LogP contribution is -2.56. The Bertz CT molecular complexity index is 806. The van der Waals surface area contributed by atoms with Crippen LogP contribution in [0.2, 0.25) is 0 Å². The zero-order valence-corrected chi connectivity index (χ0v) is 14.7. The van der Waals surface area contributed by atoms with Crippen LogP contribution >= 0.6 is 15.9 Å². The van der Waals surface area contributed by atoms with Gasteiger partial charge in [0.15, 0.2) is 6.29 Å². The number of carbonyl (C=O) groups excluding carboxylic acids is 3. The van der Waals surface area contributed by atoms with Gasteiger partial charge >= 0.3 is 0 Å². The van der Waals surface area contributed by atoms with Gasteiger partial charge in [0.1, 0.15) is 5.78 Å². The molecule has 1 aliphatic carbocycles. The molecule has 2 aromatic carbocycles. The fraction of sp³-hybridized carbons (Fsp3) is 0.211. The van der Waals surface area contributed by atoms with Crippen LogP contribution in [0.5, 0.6) is 0 Å². The van der Waals surface area contributed by atoms with E-state index < -0.39 is 5.54 Å². The first-order chi connectivity index (χ1) is 11.5. The van der Waals surface area contributed by atoms with Gasteiger partial charge in [-0.3, -0.25) is 14.4 Å². The molecule has 1 amide bonds. The Hall–Kier alpha value is -2.27. The Morgan fingerprint density at radius 2 is 1.75 bits per heavy atom. The van der Waals surface area contributed by atoms with E-state index in [2.05, 4.69) is 15.9 Å². The zero-order chi connectivity index (χ0) is 17.3. The Balaban J connectivity index is 2.00. The van der Waals surface area contributed by atoms with Crippen molar-refractivity contribution in [1.82, 2.24) is 4.90 Å². The van der Waals surface area contributed by atoms with Crippen LogP contribution in [0.15, 0.2) is 53.0 Å². The number of halogens is 1. The lowest BCUT2D eigenvalue weighted by atomic mass is 9.69. The van der Waals surface area contributed by atoms with E-state index in [4.69, 9.17) is 0 Å².